The summed E-state index contributed by atoms with van der Waals surface area (Å²) in [5.74, 6) is 0.900. The van der Waals surface area contributed by atoms with E-state index in [2.05, 4.69) is 43.4 Å². The third kappa shape index (κ3) is 4.35. The summed E-state index contributed by atoms with van der Waals surface area (Å²) in [7, 11) is 0. The average Bonchev–Trinajstić information content (AvgIpc) is 2.98. The number of benzene rings is 1. The molecule has 106 valence electrons. The molecule has 1 fully saturated rings. The Morgan fingerprint density at radius 3 is 2.26 bits per heavy atom. The molecule has 0 amide bonds. The van der Waals surface area contributed by atoms with E-state index in [1.54, 1.807) is 0 Å². The minimum atomic E-state index is 0.690. The van der Waals surface area contributed by atoms with Crippen LogP contribution in [-0.4, -0.2) is 12.6 Å². The van der Waals surface area contributed by atoms with Gasteiger partial charge in [-0.1, -0.05) is 51.0 Å². The average molecular weight is 259 g/mol. The fourth-order valence-corrected chi connectivity index (χ4v) is 3.26. The molecule has 0 bridgehead atoms. The fourth-order valence-electron chi connectivity index (χ4n) is 3.26. The summed E-state index contributed by atoms with van der Waals surface area (Å²) in [6, 6.07) is 9.93. The van der Waals surface area contributed by atoms with Gasteiger partial charge in [-0.2, -0.15) is 0 Å². The Balaban J connectivity index is 1.96. The lowest BCUT2D eigenvalue weighted by Crippen LogP contribution is -2.37. The minimum Gasteiger partial charge on any atom is -0.313 e. The van der Waals surface area contributed by atoms with Gasteiger partial charge in [-0.05, 0) is 55.7 Å². The van der Waals surface area contributed by atoms with Crippen LogP contribution in [0.2, 0.25) is 0 Å². The zero-order valence-electron chi connectivity index (χ0n) is 12.6. The smallest absolute Gasteiger partial charge is 0.0136 e. The molecule has 1 N–H and O–H groups in total. The molecule has 2 rings (SSSR count). The van der Waals surface area contributed by atoms with Crippen LogP contribution in [0.1, 0.15) is 57.1 Å². The topological polar surface area (TPSA) is 12.0 Å². The first-order chi connectivity index (χ1) is 9.33. The van der Waals surface area contributed by atoms with Crippen molar-refractivity contribution in [2.45, 2.75) is 64.8 Å². The van der Waals surface area contributed by atoms with Crippen LogP contribution in [0.3, 0.4) is 0 Å². The fraction of sp³-hybridized carbons (Fsp3) is 0.667. The Labute approximate surface area is 118 Å². The first-order valence-corrected chi connectivity index (χ1v) is 8.14. The van der Waals surface area contributed by atoms with Gasteiger partial charge in [0.2, 0.25) is 0 Å². The van der Waals surface area contributed by atoms with Gasteiger partial charge in [0.1, 0.15) is 0 Å². The highest BCUT2D eigenvalue weighted by Crippen LogP contribution is 2.29. The highest BCUT2D eigenvalue weighted by molar-refractivity contribution is 5.23. The predicted molar refractivity (Wildman–Crippen MR) is 83.6 cm³/mol. The molecule has 0 aromatic heterocycles. The molecule has 1 atom stereocenters. The molecule has 0 radical (unpaired) electrons. The van der Waals surface area contributed by atoms with E-state index >= 15 is 0 Å². The third-order valence-electron chi connectivity index (χ3n) is 4.51. The van der Waals surface area contributed by atoms with E-state index in [4.69, 9.17) is 0 Å². The largest absolute Gasteiger partial charge is 0.313 e. The maximum absolute atomic E-state index is 3.79. The van der Waals surface area contributed by atoms with E-state index in [1.807, 2.05) is 0 Å². The van der Waals surface area contributed by atoms with Crippen molar-refractivity contribution in [3.63, 3.8) is 0 Å². The van der Waals surface area contributed by atoms with Gasteiger partial charge >= 0.3 is 0 Å². The SMILES string of the molecule is CCCNC(Cc1ccc(CC)cc1)C1CCCC1. The Kier molecular flexibility index (Phi) is 5.91. The van der Waals surface area contributed by atoms with Gasteiger partial charge in [0.25, 0.3) is 0 Å². The zero-order chi connectivity index (χ0) is 13.5. The molecule has 1 aromatic carbocycles. The van der Waals surface area contributed by atoms with Gasteiger partial charge in [-0.15, -0.1) is 0 Å². The van der Waals surface area contributed by atoms with Crippen LogP contribution in [-0.2, 0) is 12.8 Å². The molecule has 0 saturated heterocycles. The number of hydrogen-bond acceptors (Lipinski definition) is 1. The van der Waals surface area contributed by atoms with Crippen molar-refractivity contribution in [1.82, 2.24) is 5.32 Å². The maximum atomic E-state index is 3.79. The summed E-state index contributed by atoms with van der Waals surface area (Å²) in [5.41, 5.74) is 2.94. The van der Waals surface area contributed by atoms with Crippen LogP contribution < -0.4 is 5.32 Å². The Hall–Kier alpha value is -0.820. The van der Waals surface area contributed by atoms with E-state index in [-0.39, 0.29) is 0 Å². The number of nitrogens with one attached hydrogen (secondary N) is 1. The van der Waals surface area contributed by atoms with Gasteiger partial charge in [0, 0.05) is 6.04 Å². The first-order valence-electron chi connectivity index (χ1n) is 8.14. The van der Waals surface area contributed by atoms with Crippen molar-refractivity contribution in [3.05, 3.63) is 35.4 Å². The van der Waals surface area contributed by atoms with Crippen molar-refractivity contribution in [3.8, 4) is 0 Å². The van der Waals surface area contributed by atoms with E-state index in [0.717, 1.165) is 18.9 Å². The van der Waals surface area contributed by atoms with Crippen molar-refractivity contribution in [1.29, 1.82) is 0 Å². The number of rotatable bonds is 7. The molecule has 1 aliphatic carbocycles. The third-order valence-corrected chi connectivity index (χ3v) is 4.51. The van der Waals surface area contributed by atoms with Crippen LogP contribution in [0, 0.1) is 5.92 Å². The van der Waals surface area contributed by atoms with E-state index in [0.29, 0.717) is 6.04 Å². The first kappa shape index (κ1) is 14.6. The van der Waals surface area contributed by atoms with Crippen LogP contribution in [0.15, 0.2) is 24.3 Å². The second-order valence-corrected chi connectivity index (χ2v) is 5.98. The summed E-state index contributed by atoms with van der Waals surface area (Å²) >= 11 is 0. The second kappa shape index (κ2) is 7.69. The Morgan fingerprint density at radius 1 is 1.05 bits per heavy atom. The minimum absolute atomic E-state index is 0.690. The molecular weight excluding hydrogens is 230 g/mol. The summed E-state index contributed by atoms with van der Waals surface area (Å²) in [5, 5.41) is 3.79. The molecule has 1 saturated carbocycles. The molecule has 1 nitrogen and oxygen atoms in total. The Bertz CT molecular complexity index is 348. The number of hydrogen-bond donors (Lipinski definition) is 1. The summed E-state index contributed by atoms with van der Waals surface area (Å²) in [6.45, 7) is 5.64. The quantitative estimate of drug-likeness (QED) is 0.767. The van der Waals surface area contributed by atoms with Crippen molar-refractivity contribution in [2.75, 3.05) is 6.54 Å². The van der Waals surface area contributed by atoms with Crippen molar-refractivity contribution in [2.24, 2.45) is 5.92 Å². The second-order valence-electron chi connectivity index (χ2n) is 5.98. The molecule has 19 heavy (non-hydrogen) atoms. The normalized spacial score (nSPS) is 17.8. The lowest BCUT2D eigenvalue weighted by molar-refractivity contribution is 0.356. The molecular formula is C18H29N. The summed E-state index contributed by atoms with van der Waals surface area (Å²) < 4.78 is 0. The van der Waals surface area contributed by atoms with Gasteiger partial charge in [0.15, 0.2) is 0 Å². The highest BCUT2D eigenvalue weighted by atomic mass is 14.9. The van der Waals surface area contributed by atoms with Gasteiger partial charge < -0.3 is 5.32 Å². The van der Waals surface area contributed by atoms with Gasteiger partial charge in [-0.25, -0.2) is 0 Å². The molecule has 1 heteroatoms. The van der Waals surface area contributed by atoms with Crippen molar-refractivity contribution < 1.29 is 0 Å². The van der Waals surface area contributed by atoms with Crippen LogP contribution in [0.25, 0.3) is 0 Å². The lowest BCUT2D eigenvalue weighted by atomic mass is 9.91. The van der Waals surface area contributed by atoms with Gasteiger partial charge in [-0.3, -0.25) is 0 Å². The van der Waals surface area contributed by atoms with Crippen LogP contribution in [0.4, 0.5) is 0 Å². The molecule has 1 aliphatic rings. The van der Waals surface area contributed by atoms with Gasteiger partial charge in [0.05, 0.1) is 0 Å². The molecule has 0 spiro atoms. The maximum Gasteiger partial charge on any atom is 0.0136 e. The lowest BCUT2D eigenvalue weighted by Gasteiger charge is -2.25. The molecule has 1 aromatic rings. The summed E-state index contributed by atoms with van der Waals surface area (Å²) in [4.78, 5) is 0. The standard InChI is InChI=1S/C18H29N/c1-3-13-19-18(17-7-5-6-8-17)14-16-11-9-15(4-2)10-12-16/h9-12,17-19H,3-8,13-14H2,1-2H3. The Morgan fingerprint density at radius 2 is 1.68 bits per heavy atom. The molecule has 0 aliphatic heterocycles. The van der Waals surface area contributed by atoms with Crippen molar-refractivity contribution >= 4 is 0 Å². The van der Waals surface area contributed by atoms with Crippen LogP contribution in [0.5, 0.6) is 0 Å². The zero-order valence-corrected chi connectivity index (χ0v) is 12.6. The van der Waals surface area contributed by atoms with E-state index in [9.17, 15) is 0 Å². The van der Waals surface area contributed by atoms with E-state index < -0.39 is 0 Å². The van der Waals surface area contributed by atoms with E-state index in [1.165, 1.54) is 49.7 Å². The molecule has 1 unspecified atom stereocenters. The van der Waals surface area contributed by atoms with Crippen LogP contribution >= 0.6 is 0 Å². The number of aryl methyl sites for hydroxylation is 1. The monoisotopic (exact) mass is 259 g/mol. The highest BCUT2D eigenvalue weighted by Gasteiger charge is 2.24. The molecule has 0 heterocycles. The predicted octanol–water partition coefficient (Wildman–Crippen LogP) is 4.35. The summed E-state index contributed by atoms with van der Waals surface area (Å²) in [6.07, 6.45) is 9.30.